The molecule has 0 aliphatic carbocycles. The minimum atomic E-state index is 0.492. The summed E-state index contributed by atoms with van der Waals surface area (Å²) in [5, 5.41) is 14.1. The smallest absolute Gasteiger partial charge is 0.177 e. The Kier molecular flexibility index (Phi) is 2.28. The van der Waals surface area contributed by atoms with E-state index in [0.717, 1.165) is 10.0 Å². The number of aromatic amines is 1. The molecule has 1 N–H and O–H groups in total. The van der Waals surface area contributed by atoms with Gasteiger partial charge in [0.15, 0.2) is 0 Å². The Morgan fingerprint density at radius 1 is 1.38 bits per heavy atom. The van der Waals surface area contributed by atoms with Gasteiger partial charge in [0.05, 0.1) is 5.02 Å². The number of aromatic nitrogens is 4. The average molecular weight is 259 g/mol. The zero-order valence-corrected chi connectivity index (χ0v) is 8.67. The number of tetrazole rings is 1. The van der Waals surface area contributed by atoms with E-state index in [9.17, 15) is 0 Å². The topological polar surface area (TPSA) is 54.5 Å². The van der Waals surface area contributed by atoms with Gasteiger partial charge in [-0.2, -0.15) is 5.21 Å². The highest BCUT2D eigenvalue weighted by atomic mass is 79.9. The number of halogens is 2. The van der Waals surface area contributed by atoms with Crippen LogP contribution in [0.4, 0.5) is 0 Å². The van der Waals surface area contributed by atoms with Crippen LogP contribution in [0.2, 0.25) is 5.02 Å². The summed E-state index contributed by atoms with van der Waals surface area (Å²) in [5.74, 6) is 0.492. The first-order valence-electron chi connectivity index (χ1n) is 3.46. The predicted molar refractivity (Wildman–Crippen MR) is 52.3 cm³/mol. The van der Waals surface area contributed by atoms with Crippen molar-refractivity contribution in [2.75, 3.05) is 0 Å². The lowest BCUT2D eigenvalue weighted by Gasteiger charge is -1.98. The first kappa shape index (κ1) is 8.65. The van der Waals surface area contributed by atoms with E-state index in [0.29, 0.717) is 10.8 Å². The van der Waals surface area contributed by atoms with Crippen LogP contribution in [0, 0.1) is 0 Å². The third kappa shape index (κ3) is 1.71. The summed E-state index contributed by atoms with van der Waals surface area (Å²) >= 11 is 9.28. The van der Waals surface area contributed by atoms with Crippen LogP contribution in [0.3, 0.4) is 0 Å². The Bertz CT molecular complexity index is 414. The third-order valence-corrected chi connectivity index (χ3v) is 2.34. The molecule has 1 heterocycles. The SMILES string of the molecule is Clc1ccc(Br)cc1-c1nn[nH]n1. The molecule has 2 rings (SSSR count). The van der Waals surface area contributed by atoms with E-state index in [-0.39, 0.29) is 0 Å². The predicted octanol–water partition coefficient (Wildman–Crippen LogP) is 2.28. The molecule has 0 amide bonds. The van der Waals surface area contributed by atoms with Crippen LogP contribution in [0.25, 0.3) is 11.4 Å². The van der Waals surface area contributed by atoms with Gasteiger partial charge in [-0.3, -0.25) is 0 Å². The minimum absolute atomic E-state index is 0.492. The fourth-order valence-electron chi connectivity index (χ4n) is 0.945. The van der Waals surface area contributed by atoms with Gasteiger partial charge in [-0.05, 0) is 23.4 Å². The second-order valence-corrected chi connectivity index (χ2v) is 3.68. The maximum Gasteiger partial charge on any atom is 0.206 e. The van der Waals surface area contributed by atoms with Gasteiger partial charge in [0.25, 0.3) is 0 Å². The molecule has 6 heteroatoms. The molecule has 0 fully saturated rings. The zero-order chi connectivity index (χ0) is 9.26. The maximum absolute atomic E-state index is 5.95. The Hall–Kier alpha value is -0.940. The lowest BCUT2D eigenvalue weighted by molar-refractivity contribution is 0.881. The van der Waals surface area contributed by atoms with Gasteiger partial charge in [0.1, 0.15) is 0 Å². The van der Waals surface area contributed by atoms with Gasteiger partial charge < -0.3 is 0 Å². The van der Waals surface area contributed by atoms with E-state index in [2.05, 4.69) is 36.6 Å². The number of benzene rings is 1. The highest BCUT2D eigenvalue weighted by molar-refractivity contribution is 9.10. The molecule has 66 valence electrons. The summed E-state index contributed by atoms with van der Waals surface area (Å²) < 4.78 is 0.928. The van der Waals surface area contributed by atoms with Crippen molar-refractivity contribution in [3.63, 3.8) is 0 Å². The Balaban J connectivity index is 2.57. The lowest BCUT2D eigenvalue weighted by Crippen LogP contribution is -1.82. The zero-order valence-electron chi connectivity index (χ0n) is 6.33. The summed E-state index contributed by atoms with van der Waals surface area (Å²) in [4.78, 5) is 0. The molecule has 0 saturated carbocycles. The van der Waals surface area contributed by atoms with Gasteiger partial charge >= 0.3 is 0 Å². The van der Waals surface area contributed by atoms with E-state index >= 15 is 0 Å². The van der Waals surface area contributed by atoms with Crippen molar-refractivity contribution in [2.45, 2.75) is 0 Å². The van der Waals surface area contributed by atoms with Gasteiger partial charge in [-0.1, -0.05) is 27.5 Å². The quantitative estimate of drug-likeness (QED) is 0.855. The first-order chi connectivity index (χ1) is 6.27. The number of hydrogen-bond acceptors (Lipinski definition) is 3. The van der Waals surface area contributed by atoms with Gasteiger partial charge in [-0.25, -0.2) is 0 Å². The lowest BCUT2D eigenvalue weighted by atomic mass is 10.2. The molecule has 13 heavy (non-hydrogen) atoms. The number of hydrogen-bond donors (Lipinski definition) is 1. The summed E-state index contributed by atoms with van der Waals surface area (Å²) in [5.41, 5.74) is 0.754. The molecule has 1 aromatic carbocycles. The monoisotopic (exact) mass is 258 g/mol. The van der Waals surface area contributed by atoms with Crippen LogP contribution in [0.15, 0.2) is 22.7 Å². The molecule has 0 saturated heterocycles. The molecule has 2 aromatic rings. The number of nitrogens with zero attached hydrogens (tertiary/aromatic N) is 3. The normalized spacial score (nSPS) is 10.3. The summed E-state index contributed by atoms with van der Waals surface area (Å²) in [6.07, 6.45) is 0. The first-order valence-corrected chi connectivity index (χ1v) is 4.63. The standard InChI is InChI=1S/C7H4BrClN4/c8-4-1-2-6(9)5(3-4)7-10-12-13-11-7/h1-3H,(H,10,11,12,13). The fourth-order valence-corrected chi connectivity index (χ4v) is 1.51. The Morgan fingerprint density at radius 3 is 2.92 bits per heavy atom. The second kappa shape index (κ2) is 3.43. The molecule has 0 unspecified atom stereocenters. The van der Waals surface area contributed by atoms with Crippen LogP contribution < -0.4 is 0 Å². The molecular formula is C7H4BrClN4. The van der Waals surface area contributed by atoms with Crippen molar-refractivity contribution in [3.05, 3.63) is 27.7 Å². The van der Waals surface area contributed by atoms with Gasteiger partial charge in [0.2, 0.25) is 5.82 Å². The van der Waals surface area contributed by atoms with Crippen LogP contribution in [-0.4, -0.2) is 20.6 Å². The van der Waals surface area contributed by atoms with E-state index < -0.39 is 0 Å². The average Bonchev–Trinajstić information content (AvgIpc) is 2.61. The fraction of sp³-hybridized carbons (Fsp3) is 0. The highest BCUT2D eigenvalue weighted by Crippen LogP contribution is 2.27. The molecule has 0 atom stereocenters. The van der Waals surface area contributed by atoms with Crippen molar-refractivity contribution >= 4 is 27.5 Å². The molecule has 1 aromatic heterocycles. The van der Waals surface area contributed by atoms with Crippen LogP contribution >= 0.6 is 27.5 Å². The minimum Gasteiger partial charge on any atom is -0.177 e. The second-order valence-electron chi connectivity index (χ2n) is 2.36. The van der Waals surface area contributed by atoms with Crippen LogP contribution in [0.5, 0.6) is 0 Å². The molecule has 0 bridgehead atoms. The van der Waals surface area contributed by atoms with E-state index in [4.69, 9.17) is 11.6 Å². The van der Waals surface area contributed by atoms with E-state index in [1.54, 1.807) is 6.07 Å². The maximum atomic E-state index is 5.95. The highest BCUT2D eigenvalue weighted by Gasteiger charge is 2.07. The third-order valence-electron chi connectivity index (χ3n) is 1.51. The number of rotatable bonds is 1. The van der Waals surface area contributed by atoms with Crippen LogP contribution in [-0.2, 0) is 0 Å². The van der Waals surface area contributed by atoms with Crippen molar-refractivity contribution in [2.24, 2.45) is 0 Å². The van der Waals surface area contributed by atoms with Crippen molar-refractivity contribution in [1.82, 2.24) is 20.6 Å². The van der Waals surface area contributed by atoms with Crippen LogP contribution in [0.1, 0.15) is 0 Å². The Labute approximate surface area is 87.4 Å². The van der Waals surface area contributed by atoms with Crippen molar-refractivity contribution in [1.29, 1.82) is 0 Å². The van der Waals surface area contributed by atoms with Gasteiger partial charge in [0, 0.05) is 10.0 Å². The largest absolute Gasteiger partial charge is 0.206 e. The summed E-state index contributed by atoms with van der Waals surface area (Å²) in [7, 11) is 0. The molecular weight excluding hydrogens is 255 g/mol. The number of nitrogens with one attached hydrogen (secondary N) is 1. The summed E-state index contributed by atoms with van der Waals surface area (Å²) in [6, 6.07) is 5.47. The molecule has 0 aliphatic rings. The molecule has 0 aliphatic heterocycles. The summed E-state index contributed by atoms with van der Waals surface area (Å²) in [6.45, 7) is 0. The van der Waals surface area contributed by atoms with E-state index in [1.165, 1.54) is 0 Å². The van der Waals surface area contributed by atoms with Crippen molar-refractivity contribution < 1.29 is 0 Å². The molecule has 4 nitrogen and oxygen atoms in total. The van der Waals surface area contributed by atoms with Crippen molar-refractivity contribution in [3.8, 4) is 11.4 Å². The molecule has 0 spiro atoms. The van der Waals surface area contributed by atoms with Gasteiger partial charge in [-0.15, -0.1) is 10.2 Å². The number of H-pyrrole nitrogens is 1. The Morgan fingerprint density at radius 2 is 2.23 bits per heavy atom. The molecule has 0 radical (unpaired) electrons. The van der Waals surface area contributed by atoms with E-state index in [1.807, 2.05) is 12.1 Å².